The van der Waals surface area contributed by atoms with Crippen molar-refractivity contribution in [2.45, 2.75) is 32.2 Å². The van der Waals surface area contributed by atoms with Crippen LogP contribution < -0.4 is 0 Å². The van der Waals surface area contributed by atoms with E-state index in [1.165, 1.54) is 0 Å². The highest BCUT2D eigenvalue weighted by Crippen LogP contribution is 2.25. The standard InChI is InChI=1S/C13H16N2O2/c1-13(2)11(16)6-8-15(13)12(17)9-10-5-3-4-7-14-10/h3-5,7H,6,8-9H2,1-2H3. The van der Waals surface area contributed by atoms with Gasteiger partial charge in [0, 0.05) is 24.9 Å². The molecule has 2 rings (SSSR count). The molecule has 0 radical (unpaired) electrons. The average molecular weight is 232 g/mol. The van der Waals surface area contributed by atoms with Gasteiger partial charge in [-0.2, -0.15) is 0 Å². The van der Waals surface area contributed by atoms with Crippen molar-refractivity contribution in [3.8, 4) is 0 Å². The van der Waals surface area contributed by atoms with Gasteiger partial charge in [-0.05, 0) is 26.0 Å². The molecule has 0 bridgehead atoms. The van der Waals surface area contributed by atoms with Crippen LogP contribution in [0.5, 0.6) is 0 Å². The molecular weight excluding hydrogens is 216 g/mol. The normalized spacial score (nSPS) is 18.5. The first-order chi connectivity index (χ1) is 8.01. The quantitative estimate of drug-likeness (QED) is 0.770. The van der Waals surface area contributed by atoms with Crippen molar-refractivity contribution in [3.63, 3.8) is 0 Å². The fourth-order valence-corrected chi connectivity index (χ4v) is 2.14. The van der Waals surface area contributed by atoms with Gasteiger partial charge in [0.05, 0.1) is 12.0 Å². The van der Waals surface area contributed by atoms with E-state index in [9.17, 15) is 9.59 Å². The molecule has 1 aliphatic heterocycles. The van der Waals surface area contributed by atoms with Crippen molar-refractivity contribution >= 4 is 11.7 Å². The molecule has 17 heavy (non-hydrogen) atoms. The molecule has 2 heterocycles. The number of pyridine rings is 1. The molecule has 0 N–H and O–H groups in total. The lowest BCUT2D eigenvalue weighted by atomic mass is 10.0. The molecule has 90 valence electrons. The van der Waals surface area contributed by atoms with Crippen LogP contribution in [0.3, 0.4) is 0 Å². The van der Waals surface area contributed by atoms with E-state index in [2.05, 4.69) is 4.98 Å². The summed E-state index contributed by atoms with van der Waals surface area (Å²) in [4.78, 5) is 29.5. The Labute approximate surface area is 101 Å². The number of amides is 1. The predicted molar refractivity (Wildman–Crippen MR) is 63.4 cm³/mol. The molecule has 4 nitrogen and oxygen atoms in total. The third-order valence-electron chi connectivity index (χ3n) is 3.28. The second-order valence-corrected chi connectivity index (χ2v) is 4.78. The summed E-state index contributed by atoms with van der Waals surface area (Å²) in [6.45, 7) is 4.13. The Morgan fingerprint density at radius 1 is 1.47 bits per heavy atom. The molecule has 0 aliphatic carbocycles. The van der Waals surface area contributed by atoms with Crippen molar-refractivity contribution in [2.24, 2.45) is 0 Å². The third kappa shape index (κ3) is 2.20. The van der Waals surface area contributed by atoms with E-state index in [0.29, 0.717) is 13.0 Å². The Morgan fingerprint density at radius 3 is 2.76 bits per heavy atom. The highest BCUT2D eigenvalue weighted by molar-refractivity contribution is 5.95. The minimum Gasteiger partial charge on any atom is -0.330 e. The summed E-state index contributed by atoms with van der Waals surface area (Å²) >= 11 is 0. The van der Waals surface area contributed by atoms with Gasteiger partial charge in [0.1, 0.15) is 0 Å². The van der Waals surface area contributed by atoms with Crippen LogP contribution in [0.15, 0.2) is 24.4 Å². The van der Waals surface area contributed by atoms with Crippen molar-refractivity contribution < 1.29 is 9.59 Å². The number of carbonyl (C=O) groups is 2. The van der Waals surface area contributed by atoms with E-state index in [0.717, 1.165) is 5.69 Å². The van der Waals surface area contributed by atoms with Crippen molar-refractivity contribution in [2.75, 3.05) is 6.54 Å². The maximum Gasteiger partial charge on any atom is 0.229 e. The first-order valence-electron chi connectivity index (χ1n) is 5.75. The van der Waals surface area contributed by atoms with Gasteiger partial charge in [-0.1, -0.05) is 6.07 Å². The number of likely N-dealkylation sites (tertiary alicyclic amines) is 1. The van der Waals surface area contributed by atoms with Crippen molar-refractivity contribution in [1.29, 1.82) is 0 Å². The molecule has 0 atom stereocenters. The highest BCUT2D eigenvalue weighted by Gasteiger charge is 2.42. The summed E-state index contributed by atoms with van der Waals surface area (Å²) in [6.07, 6.45) is 2.39. The number of nitrogens with zero attached hydrogens (tertiary/aromatic N) is 2. The van der Waals surface area contributed by atoms with Crippen molar-refractivity contribution in [3.05, 3.63) is 30.1 Å². The second-order valence-electron chi connectivity index (χ2n) is 4.78. The van der Waals surface area contributed by atoms with Crippen LogP contribution in [0.2, 0.25) is 0 Å². The largest absolute Gasteiger partial charge is 0.330 e. The van der Waals surface area contributed by atoms with Crippen LogP contribution >= 0.6 is 0 Å². The number of Topliss-reactive ketones (excluding diaryl/α,β-unsaturated/α-hetero) is 1. The van der Waals surface area contributed by atoms with E-state index < -0.39 is 5.54 Å². The van der Waals surface area contributed by atoms with Crippen LogP contribution in [-0.2, 0) is 16.0 Å². The Kier molecular flexibility index (Phi) is 2.96. The van der Waals surface area contributed by atoms with E-state index >= 15 is 0 Å². The van der Waals surface area contributed by atoms with Gasteiger partial charge in [-0.3, -0.25) is 14.6 Å². The zero-order valence-corrected chi connectivity index (χ0v) is 10.1. The summed E-state index contributed by atoms with van der Waals surface area (Å²) in [5.74, 6) is 0.103. The molecule has 0 saturated carbocycles. The minimum absolute atomic E-state index is 0.0282. The summed E-state index contributed by atoms with van der Waals surface area (Å²) in [5.41, 5.74) is 0.0823. The van der Waals surface area contributed by atoms with Gasteiger partial charge in [0.2, 0.25) is 5.91 Å². The summed E-state index contributed by atoms with van der Waals surface area (Å²) in [5, 5.41) is 0. The maximum absolute atomic E-state index is 12.1. The molecule has 1 amide bonds. The fraction of sp³-hybridized carbons (Fsp3) is 0.462. The molecular formula is C13H16N2O2. The Bertz CT molecular complexity index is 440. The van der Waals surface area contributed by atoms with Gasteiger partial charge >= 0.3 is 0 Å². The monoisotopic (exact) mass is 232 g/mol. The number of carbonyl (C=O) groups excluding carboxylic acids is 2. The van der Waals surface area contributed by atoms with E-state index in [4.69, 9.17) is 0 Å². The molecule has 0 aromatic carbocycles. The van der Waals surface area contributed by atoms with Gasteiger partial charge in [0.15, 0.2) is 5.78 Å². The molecule has 1 aliphatic rings. The lowest BCUT2D eigenvalue weighted by molar-refractivity contribution is -0.138. The van der Waals surface area contributed by atoms with Crippen molar-refractivity contribution in [1.82, 2.24) is 9.88 Å². The zero-order valence-electron chi connectivity index (χ0n) is 10.1. The van der Waals surface area contributed by atoms with Crippen LogP contribution in [-0.4, -0.2) is 33.7 Å². The van der Waals surface area contributed by atoms with E-state index in [-0.39, 0.29) is 18.1 Å². The first kappa shape index (κ1) is 11.8. The molecule has 0 unspecified atom stereocenters. The number of rotatable bonds is 2. The number of aromatic nitrogens is 1. The SMILES string of the molecule is CC1(C)C(=O)CCN1C(=O)Cc1ccccn1. The number of ketones is 1. The average Bonchev–Trinajstić information content (AvgIpc) is 2.55. The predicted octanol–water partition coefficient (Wildman–Crippen LogP) is 1.20. The topological polar surface area (TPSA) is 50.3 Å². The van der Waals surface area contributed by atoms with Gasteiger partial charge in [0.25, 0.3) is 0 Å². The van der Waals surface area contributed by atoms with Crippen LogP contribution in [0, 0.1) is 0 Å². The second kappa shape index (κ2) is 4.28. The number of hydrogen-bond acceptors (Lipinski definition) is 3. The smallest absolute Gasteiger partial charge is 0.229 e. The van der Waals surface area contributed by atoms with E-state index in [1.54, 1.807) is 24.9 Å². The van der Waals surface area contributed by atoms with E-state index in [1.807, 2.05) is 18.2 Å². The molecule has 0 spiro atoms. The fourth-order valence-electron chi connectivity index (χ4n) is 2.14. The van der Waals surface area contributed by atoms with Crippen LogP contribution in [0.4, 0.5) is 0 Å². The Hall–Kier alpha value is -1.71. The first-order valence-corrected chi connectivity index (χ1v) is 5.75. The van der Waals surface area contributed by atoms with Crippen LogP contribution in [0.25, 0.3) is 0 Å². The lowest BCUT2D eigenvalue weighted by Crippen LogP contribution is -2.47. The summed E-state index contributed by atoms with van der Waals surface area (Å²) < 4.78 is 0. The van der Waals surface area contributed by atoms with Crippen LogP contribution in [0.1, 0.15) is 26.0 Å². The third-order valence-corrected chi connectivity index (χ3v) is 3.28. The minimum atomic E-state index is -0.661. The van der Waals surface area contributed by atoms with Gasteiger partial charge in [-0.15, -0.1) is 0 Å². The molecule has 1 aromatic rings. The molecule has 1 aromatic heterocycles. The summed E-state index contributed by atoms with van der Waals surface area (Å²) in [7, 11) is 0. The van der Waals surface area contributed by atoms with Gasteiger partial charge in [-0.25, -0.2) is 0 Å². The lowest BCUT2D eigenvalue weighted by Gasteiger charge is -2.29. The molecule has 4 heteroatoms. The summed E-state index contributed by atoms with van der Waals surface area (Å²) in [6, 6.07) is 5.50. The molecule has 1 saturated heterocycles. The Balaban J connectivity index is 2.09. The Morgan fingerprint density at radius 2 is 2.24 bits per heavy atom. The maximum atomic E-state index is 12.1. The number of hydrogen-bond donors (Lipinski definition) is 0. The van der Waals surface area contributed by atoms with Gasteiger partial charge < -0.3 is 4.90 Å². The zero-order chi connectivity index (χ0) is 12.5. The highest BCUT2D eigenvalue weighted by atomic mass is 16.2. The molecule has 1 fully saturated rings.